The molecule has 29 heavy (non-hydrogen) atoms. The Bertz CT molecular complexity index is 974. The van der Waals surface area contributed by atoms with Crippen LogP contribution in [0.4, 0.5) is 4.39 Å². The Balaban J connectivity index is 1.68. The lowest BCUT2D eigenvalue weighted by molar-refractivity contribution is 0.0939. The van der Waals surface area contributed by atoms with E-state index in [0.29, 0.717) is 17.9 Å². The number of likely N-dealkylation sites (N-methyl/N-ethyl adjacent to an activating group) is 1. The van der Waals surface area contributed by atoms with E-state index in [4.69, 9.17) is 4.52 Å². The van der Waals surface area contributed by atoms with Gasteiger partial charge in [-0.3, -0.25) is 4.79 Å². The Kier molecular flexibility index (Phi) is 7.06. The van der Waals surface area contributed by atoms with Crippen molar-refractivity contribution in [1.29, 1.82) is 0 Å². The van der Waals surface area contributed by atoms with Gasteiger partial charge in [-0.15, -0.1) is 11.8 Å². The largest absolute Gasteiger partial charge is 0.360 e. The van der Waals surface area contributed by atoms with Crippen molar-refractivity contribution >= 4 is 17.7 Å². The summed E-state index contributed by atoms with van der Waals surface area (Å²) in [7, 11) is 3.82. The topological polar surface area (TPSA) is 58.4 Å². The maximum absolute atomic E-state index is 13.6. The minimum atomic E-state index is -0.287. The highest BCUT2D eigenvalue weighted by atomic mass is 32.2. The van der Waals surface area contributed by atoms with E-state index in [1.165, 1.54) is 23.9 Å². The zero-order valence-corrected chi connectivity index (χ0v) is 17.5. The quantitative estimate of drug-likeness (QED) is 0.553. The molecule has 3 rings (SSSR count). The molecule has 1 atom stereocenters. The highest BCUT2D eigenvalue weighted by Gasteiger charge is 2.18. The summed E-state index contributed by atoms with van der Waals surface area (Å²) in [6.45, 7) is 2.24. The highest BCUT2D eigenvalue weighted by molar-refractivity contribution is 7.98. The van der Waals surface area contributed by atoms with E-state index in [1.54, 1.807) is 12.1 Å². The molecule has 0 bridgehead atoms. The number of carbonyl (C=O) groups is 1. The van der Waals surface area contributed by atoms with Crippen molar-refractivity contribution in [2.75, 3.05) is 20.6 Å². The van der Waals surface area contributed by atoms with Crippen molar-refractivity contribution < 1.29 is 13.7 Å². The normalized spacial score (nSPS) is 12.2. The highest BCUT2D eigenvalue weighted by Crippen LogP contribution is 2.27. The molecular formula is C22H24FN3O2S. The Hall–Kier alpha value is -2.64. The Morgan fingerprint density at radius 1 is 1.21 bits per heavy atom. The number of halogens is 1. The predicted octanol–water partition coefficient (Wildman–Crippen LogP) is 4.45. The fraction of sp³-hybridized carbons (Fsp3) is 0.273. The molecule has 0 saturated heterocycles. The lowest BCUT2D eigenvalue weighted by atomic mass is 10.1. The second-order valence-corrected chi connectivity index (χ2v) is 7.98. The molecule has 5 nitrogen and oxygen atoms in total. The first kappa shape index (κ1) is 21.1. The third-order valence-electron chi connectivity index (χ3n) is 4.49. The van der Waals surface area contributed by atoms with Gasteiger partial charge in [0.1, 0.15) is 11.6 Å². The summed E-state index contributed by atoms with van der Waals surface area (Å²) in [6.07, 6.45) is 0. The Morgan fingerprint density at radius 3 is 2.69 bits per heavy atom. The van der Waals surface area contributed by atoms with Gasteiger partial charge in [-0.25, -0.2) is 4.39 Å². The predicted molar refractivity (Wildman–Crippen MR) is 112 cm³/mol. The van der Waals surface area contributed by atoms with Gasteiger partial charge in [0.25, 0.3) is 5.91 Å². The van der Waals surface area contributed by atoms with Crippen molar-refractivity contribution in [2.45, 2.75) is 23.6 Å². The molecule has 1 unspecified atom stereocenters. The van der Waals surface area contributed by atoms with Crippen LogP contribution in [0.1, 0.15) is 33.4 Å². The van der Waals surface area contributed by atoms with Gasteiger partial charge in [0.05, 0.1) is 23.1 Å². The van der Waals surface area contributed by atoms with E-state index < -0.39 is 0 Å². The average Bonchev–Trinajstić information content (AvgIpc) is 3.11. The van der Waals surface area contributed by atoms with Crippen molar-refractivity contribution in [2.24, 2.45) is 0 Å². The van der Waals surface area contributed by atoms with E-state index >= 15 is 0 Å². The summed E-state index contributed by atoms with van der Waals surface area (Å²) in [5.41, 5.74) is 2.25. The number of hydrogen-bond donors (Lipinski definition) is 1. The van der Waals surface area contributed by atoms with E-state index in [1.807, 2.05) is 56.3 Å². The van der Waals surface area contributed by atoms with Gasteiger partial charge in [0.15, 0.2) is 0 Å². The van der Waals surface area contributed by atoms with Crippen LogP contribution >= 0.6 is 11.8 Å². The number of nitrogens with zero attached hydrogens (tertiary/aromatic N) is 2. The van der Waals surface area contributed by atoms with Crippen molar-refractivity contribution in [3.8, 4) is 0 Å². The zero-order chi connectivity index (χ0) is 20.8. The number of carbonyl (C=O) groups excluding carboxylic acids is 1. The van der Waals surface area contributed by atoms with Crippen LogP contribution in [0, 0.1) is 12.7 Å². The molecule has 0 aliphatic carbocycles. The lowest BCUT2D eigenvalue weighted by Gasteiger charge is -2.25. The summed E-state index contributed by atoms with van der Waals surface area (Å²) < 4.78 is 18.9. The van der Waals surface area contributed by atoms with Crippen molar-refractivity contribution in [3.63, 3.8) is 0 Å². The number of nitrogens with one attached hydrogen (secondary N) is 1. The first-order valence-corrected chi connectivity index (χ1v) is 10.3. The summed E-state index contributed by atoms with van der Waals surface area (Å²) in [5.74, 6) is 0.908. The van der Waals surface area contributed by atoms with Crippen LogP contribution in [0.5, 0.6) is 0 Å². The Labute approximate surface area is 174 Å². The summed E-state index contributed by atoms with van der Waals surface area (Å²) in [5, 5.41) is 6.88. The third kappa shape index (κ3) is 5.68. The fourth-order valence-electron chi connectivity index (χ4n) is 3.01. The van der Waals surface area contributed by atoms with E-state index in [-0.39, 0.29) is 17.8 Å². The Morgan fingerprint density at radius 2 is 2.00 bits per heavy atom. The smallest absolute Gasteiger partial charge is 0.252 e. The van der Waals surface area contributed by atoms with E-state index in [0.717, 1.165) is 21.9 Å². The van der Waals surface area contributed by atoms with Crippen LogP contribution in [0.15, 0.2) is 64.0 Å². The molecule has 0 radical (unpaired) electrons. The first-order valence-electron chi connectivity index (χ1n) is 9.28. The second kappa shape index (κ2) is 9.71. The van der Waals surface area contributed by atoms with E-state index in [9.17, 15) is 9.18 Å². The van der Waals surface area contributed by atoms with Gasteiger partial charge < -0.3 is 14.7 Å². The standard InChI is InChI=1S/C22H24FN3O2S/c1-15-11-18(28-25-15)14-29-21-10-5-4-9-19(21)22(27)24-13-20(26(2)3)16-7-6-8-17(23)12-16/h4-12,20H,13-14H2,1-3H3,(H,24,27). The van der Waals surface area contributed by atoms with Crippen LogP contribution in [0.2, 0.25) is 0 Å². The van der Waals surface area contributed by atoms with Gasteiger partial charge in [0, 0.05) is 17.5 Å². The van der Waals surface area contributed by atoms with Crippen LogP contribution in [0.3, 0.4) is 0 Å². The number of benzene rings is 2. The molecule has 1 aromatic heterocycles. The molecule has 0 spiro atoms. The molecule has 0 aliphatic heterocycles. The van der Waals surface area contributed by atoms with Gasteiger partial charge in [0.2, 0.25) is 0 Å². The number of aromatic nitrogens is 1. The molecule has 1 N–H and O–H groups in total. The van der Waals surface area contributed by atoms with Crippen LogP contribution in [0.25, 0.3) is 0 Å². The SMILES string of the molecule is Cc1cc(CSc2ccccc2C(=O)NCC(c2cccc(F)c2)N(C)C)on1. The number of hydrogen-bond acceptors (Lipinski definition) is 5. The number of aryl methyl sites for hydroxylation is 1. The monoisotopic (exact) mass is 413 g/mol. The first-order chi connectivity index (χ1) is 13.9. The number of thioether (sulfide) groups is 1. The molecule has 2 aromatic carbocycles. The van der Waals surface area contributed by atoms with Gasteiger partial charge >= 0.3 is 0 Å². The molecule has 7 heteroatoms. The van der Waals surface area contributed by atoms with Crippen LogP contribution in [-0.2, 0) is 5.75 Å². The molecule has 0 aliphatic rings. The molecular weight excluding hydrogens is 389 g/mol. The molecule has 3 aromatic rings. The molecule has 152 valence electrons. The van der Waals surface area contributed by atoms with E-state index in [2.05, 4.69) is 10.5 Å². The average molecular weight is 414 g/mol. The molecule has 0 fully saturated rings. The number of amides is 1. The lowest BCUT2D eigenvalue weighted by Crippen LogP contribution is -2.34. The summed E-state index contributed by atoms with van der Waals surface area (Å²) >= 11 is 1.53. The van der Waals surface area contributed by atoms with Gasteiger partial charge in [-0.2, -0.15) is 0 Å². The molecule has 1 heterocycles. The minimum Gasteiger partial charge on any atom is -0.360 e. The third-order valence-corrected chi connectivity index (χ3v) is 5.59. The maximum atomic E-state index is 13.6. The van der Waals surface area contributed by atoms with Crippen molar-refractivity contribution in [3.05, 3.63) is 83.0 Å². The molecule has 1 amide bonds. The summed E-state index contributed by atoms with van der Waals surface area (Å²) in [4.78, 5) is 15.7. The molecule has 0 saturated carbocycles. The summed E-state index contributed by atoms with van der Waals surface area (Å²) in [6, 6.07) is 15.7. The fourth-order valence-corrected chi connectivity index (χ4v) is 3.94. The number of rotatable bonds is 8. The zero-order valence-electron chi connectivity index (χ0n) is 16.7. The van der Waals surface area contributed by atoms with Crippen LogP contribution in [-0.4, -0.2) is 36.6 Å². The van der Waals surface area contributed by atoms with Crippen LogP contribution < -0.4 is 5.32 Å². The van der Waals surface area contributed by atoms with Crippen molar-refractivity contribution in [1.82, 2.24) is 15.4 Å². The minimum absolute atomic E-state index is 0.133. The van der Waals surface area contributed by atoms with Gasteiger partial charge in [-0.1, -0.05) is 29.4 Å². The second-order valence-electron chi connectivity index (χ2n) is 6.96. The maximum Gasteiger partial charge on any atom is 0.252 e. The van der Waals surface area contributed by atoms with Gasteiger partial charge in [-0.05, 0) is 50.8 Å².